The van der Waals surface area contributed by atoms with Gasteiger partial charge in [-0.1, -0.05) is 15.9 Å². The molecule has 0 aliphatic carbocycles. The van der Waals surface area contributed by atoms with Crippen LogP contribution in [0.5, 0.6) is 5.75 Å². The fourth-order valence-electron chi connectivity index (χ4n) is 2.99. The normalized spacial score (nSPS) is 15.8. The lowest BCUT2D eigenvalue weighted by atomic mass is 9.97. The predicted octanol–water partition coefficient (Wildman–Crippen LogP) is 3.40. The summed E-state index contributed by atoms with van der Waals surface area (Å²) in [4.78, 5) is 18.1. The Morgan fingerprint density at radius 2 is 2.11 bits per heavy atom. The Bertz CT molecular complexity index is 665. The van der Waals surface area contributed by atoms with Crippen LogP contribution in [0.4, 0.5) is 8.78 Å². The third kappa shape index (κ3) is 6.34. The summed E-state index contributed by atoms with van der Waals surface area (Å²) in [5, 5.41) is 3.18. The number of benzene rings is 1. The van der Waals surface area contributed by atoms with Gasteiger partial charge in [0.15, 0.2) is 5.96 Å². The smallest absolute Gasteiger partial charge is 0.387 e. The van der Waals surface area contributed by atoms with Crippen molar-refractivity contribution in [3.05, 3.63) is 28.2 Å². The zero-order chi connectivity index (χ0) is 19.8. The Kier molecular flexibility index (Phi) is 8.27. The maximum Gasteiger partial charge on any atom is 0.387 e. The van der Waals surface area contributed by atoms with Crippen molar-refractivity contribution in [2.24, 2.45) is 10.9 Å². The molecule has 1 fully saturated rings. The van der Waals surface area contributed by atoms with Gasteiger partial charge < -0.3 is 19.7 Å². The van der Waals surface area contributed by atoms with Gasteiger partial charge in [-0.15, -0.1) is 0 Å². The van der Waals surface area contributed by atoms with Gasteiger partial charge in [0, 0.05) is 36.7 Å². The summed E-state index contributed by atoms with van der Waals surface area (Å²) >= 11 is 3.34. The number of likely N-dealkylation sites (tertiary alicyclic amines) is 1. The molecule has 1 aliphatic heterocycles. The molecule has 1 heterocycles. The fourth-order valence-corrected chi connectivity index (χ4v) is 3.40. The summed E-state index contributed by atoms with van der Waals surface area (Å²) in [6, 6.07) is 4.88. The molecule has 6 nitrogen and oxygen atoms in total. The van der Waals surface area contributed by atoms with Crippen molar-refractivity contribution >= 4 is 27.9 Å². The number of nitrogens with zero attached hydrogens (tertiary/aromatic N) is 2. The summed E-state index contributed by atoms with van der Waals surface area (Å²) in [6.45, 7) is 0.923. The van der Waals surface area contributed by atoms with Crippen LogP contribution in [0, 0.1) is 5.92 Å². The molecule has 150 valence electrons. The van der Waals surface area contributed by atoms with Crippen LogP contribution in [0.1, 0.15) is 25.3 Å². The van der Waals surface area contributed by atoms with Crippen LogP contribution in [0.15, 0.2) is 27.7 Å². The number of esters is 1. The van der Waals surface area contributed by atoms with Crippen LogP contribution in [0.2, 0.25) is 0 Å². The molecule has 1 aromatic carbocycles. The zero-order valence-electron chi connectivity index (χ0n) is 15.4. The highest BCUT2D eigenvalue weighted by molar-refractivity contribution is 9.10. The van der Waals surface area contributed by atoms with E-state index in [0.717, 1.165) is 4.47 Å². The molecule has 2 rings (SSSR count). The Labute approximate surface area is 166 Å². The summed E-state index contributed by atoms with van der Waals surface area (Å²) in [6.07, 6.45) is 1.38. The highest BCUT2D eigenvalue weighted by Crippen LogP contribution is 2.25. The number of piperidine rings is 1. The van der Waals surface area contributed by atoms with Crippen molar-refractivity contribution in [2.45, 2.75) is 32.9 Å². The van der Waals surface area contributed by atoms with Gasteiger partial charge in [0.25, 0.3) is 0 Å². The number of hydrogen-bond donors (Lipinski definition) is 1. The number of alkyl halides is 2. The third-order valence-electron chi connectivity index (χ3n) is 4.30. The fraction of sp³-hybridized carbons (Fsp3) is 0.556. The molecular formula is C18H24BrF2N3O3. The van der Waals surface area contributed by atoms with Gasteiger partial charge in [0.2, 0.25) is 0 Å². The van der Waals surface area contributed by atoms with Crippen LogP contribution >= 0.6 is 15.9 Å². The molecule has 1 N–H and O–H groups in total. The van der Waals surface area contributed by atoms with E-state index in [1.165, 1.54) is 6.07 Å². The number of ether oxygens (including phenoxy) is 2. The van der Waals surface area contributed by atoms with E-state index in [4.69, 9.17) is 4.74 Å². The van der Waals surface area contributed by atoms with E-state index in [1.807, 2.05) is 4.90 Å². The SMILES string of the molecule is CCOC(=O)C1CCN(C(=NC)NCc2cc(Br)ccc2OC(F)F)CC1. The largest absolute Gasteiger partial charge is 0.466 e. The highest BCUT2D eigenvalue weighted by Gasteiger charge is 2.27. The first-order valence-electron chi connectivity index (χ1n) is 8.80. The van der Waals surface area contributed by atoms with Crippen LogP contribution < -0.4 is 10.1 Å². The molecule has 0 spiro atoms. The maximum atomic E-state index is 12.6. The van der Waals surface area contributed by atoms with Crippen molar-refractivity contribution in [1.29, 1.82) is 0 Å². The van der Waals surface area contributed by atoms with E-state index in [0.29, 0.717) is 44.1 Å². The van der Waals surface area contributed by atoms with Gasteiger partial charge in [0.05, 0.1) is 12.5 Å². The molecule has 0 atom stereocenters. The van der Waals surface area contributed by atoms with Gasteiger partial charge in [-0.25, -0.2) is 0 Å². The lowest BCUT2D eigenvalue weighted by molar-refractivity contribution is -0.149. The van der Waals surface area contributed by atoms with Crippen molar-refractivity contribution < 1.29 is 23.0 Å². The lowest BCUT2D eigenvalue weighted by Crippen LogP contribution is -2.46. The number of nitrogens with one attached hydrogen (secondary N) is 1. The Balaban J connectivity index is 1.95. The van der Waals surface area contributed by atoms with Gasteiger partial charge in [-0.2, -0.15) is 8.78 Å². The number of rotatable bonds is 6. The quantitative estimate of drug-likeness (QED) is 0.411. The molecule has 27 heavy (non-hydrogen) atoms. The van der Waals surface area contributed by atoms with Gasteiger partial charge in [0.1, 0.15) is 5.75 Å². The predicted molar refractivity (Wildman–Crippen MR) is 102 cm³/mol. The second-order valence-corrected chi connectivity index (χ2v) is 6.96. The second kappa shape index (κ2) is 10.4. The zero-order valence-corrected chi connectivity index (χ0v) is 17.0. The second-order valence-electron chi connectivity index (χ2n) is 6.04. The standard InChI is InChI=1S/C18H24BrF2N3O3/c1-3-26-16(25)12-6-8-24(9-7-12)18(22-2)23-11-13-10-14(19)4-5-15(13)27-17(20)21/h4-5,10,12,17H,3,6-9,11H2,1-2H3,(H,22,23). The van der Waals surface area contributed by atoms with E-state index >= 15 is 0 Å². The molecule has 0 aromatic heterocycles. The Morgan fingerprint density at radius 1 is 1.41 bits per heavy atom. The van der Waals surface area contributed by atoms with Crippen molar-refractivity contribution in [2.75, 3.05) is 26.7 Å². The summed E-state index contributed by atoms with van der Waals surface area (Å²) in [7, 11) is 1.66. The molecule has 0 saturated carbocycles. The van der Waals surface area contributed by atoms with Crippen molar-refractivity contribution in [1.82, 2.24) is 10.2 Å². The Hall–Kier alpha value is -1.90. The molecular weight excluding hydrogens is 424 g/mol. The number of carbonyl (C=O) groups excluding carboxylic acids is 1. The lowest BCUT2D eigenvalue weighted by Gasteiger charge is -2.33. The summed E-state index contributed by atoms with van der Waals surface area (Å²) < 4.78 is 35.6. The number of hydrogen-bond acceptors (Lipinski definition) is 4. The van der Waals surface area contributed by atoms with E-state index in [9.17, 15) is 13.6 Å². The van der Waals surface area contributed by atoms with E-state index < -0.39 is 6.61 Å². The highest BCUT2D eigenvalue weighted by atomic mass is 79.9. The maximum absolute atomic E-state index is 12.6. The van der Waals surface area contributed by atoms with E-state index in [1.54, 1.807) is 26.1 Å². The van der Waals surface area contributed by atoms with Crippen molar-refractivity contribution in [3.8, 4) is 5.75 Å². The molecule has 1 aromatic rings. The minimum atomic E-state index is -2.88. The summed E-state index contributed by atoms with van der Waals surface area (Å²) in [5.41, 5.74) is 0.590. The van der Waals surface area contributed by atoms with Crippen LogP contribution in [0.3, 0.4) is 0 Å². The van der Waals surface area contributed by atoms with E-state index in [2.05, 4.69) is 31.0 Å². The minimum absolute atomic E-state index is 0.0876. The first-order chi connectivity index (χ1) is 12.9. The topological polar surface area (TPSA) is 63.2 Å². The van der Waals surface area contributed by atoms with E-state index in [-0.39, 0.29) is 24.2 Å². The van der Waals surface area contributed by atoms with Crippen LogP contribution in [-0.2, 0) is 16.1 Å². The molecule has 0 unspecified atom stereocenters. The number of guanidine groups is 1. The number of halogens is 3. The first-order valence-corrected chi connectivity index (χ1v) is 9.59. The van der Waals surface area contributed by atoms with Gasteiger partial charge in [-0.3, -0.25) is 9.79 Å². The number of carbonyl (C=O) groups is 1. The van der Waals surface area contributed by atoms with Gasteiger partial charge >= 0.3 is 12.6 Å². The average Bonchev–Trinajstić information content (AvgIpc) is 2.64. The average molecular weight is 448 g/mol. The molecule has 0 bridgehead atoms. The van der Waals surface area contributed by atoms with Crippen molar-refractivity contribution in [3.63, 3.8) is 0 Å². The molecule has 1 aliphatic rings. The number of aliphatic imine (C=N–C) groups is 1. The first kappa shape index (κ1) is 21.4. The Morgan fingerprint density at radius 3 is 2.70 bits per heavy atom. The molecule has 1 saturated heterocycles. The molecule has 0 radical (unpaired) electrons. The summed E-state index contributed by atoms with van der Waals surface area (Å²) in [5.74, 6) is 0.538. The molecule has 0 amide bonds. The van der Waals surface area contributed by atoms with Crippen LogP contribution in [-0.4, -0.2) is 50.2 Å². The van der Waals surface area contributed by atoms with Crippen LogP contribution in [0.25, 0.3) is 0 Å². The monoisotopic (exact) mass is 447 g/mol. The molecule has 9 heteroatoms. The van der Waals surface area contributed by atoms with Gasteiger partial charge in [-0.05, 0) is 38.0 Å². The third-order valence-corrected chi connectivity index (χ3v) is 4.80. The minimum Gasteiger partial charge on any atom is -0.466 e.